The Balaban J connectivity index is 1.96. The van der Waals surface area contributed by atoms with Crippen molar-refractivity contribution >= 4 is 5.69 Å². The normalized spacial score (nSPS) is 10.5. The van der Waals surface area contributed by atoms with Gasteiger partial charge in [-0.1, -0.05) is 18.2 Å². The molecule has 2 aromatic carbocycles. The van der Waals surface area contributed by atoms with Crippen LogP contribution in [0.15, 0.2) is 48.5 Å². The number of anilines is 1. The van der Waals surface area contributed by atoms with Crippen molar-refractivity contribution in [2.45, 2.75) is 33.4 Å². The molecule has 0 amide bonds. The van der Waals surface area contributed by atoms with Crippen molar-refractivity contribution in [1.82, 2.24) is 0 Å². The number of para-hydroxylation sites is 1. The van der Waals surface area contributed by atoms with Crippen LogP contribution in [-0.2, 0) is 6.54 Å². The third-order valence-electron chi connectivity index (χ3n) is 2.98. The first-order valence-corrected chi connectivity index (χ1v) is 7.40. The fraction of sp³-hybridized carbons (Fsp3) is 0.333. The zero-order chi connectivity index (χ0) is 15.1. The van der Waals surface area contributed by atoms with E-state index >= 15 is 0 Å². The van der Waals surface area contributed by atoms with Gasteiger partial charge in [0.15, 0.2) is 0 Å². The average molecular weight is 285 g/mol. The van der Waals surface area contributed by atoms with E-state index in [2.05, 4.69) is 11.4 Å². The van der Waals surface area contributed by atoms with Crippen LogP contribution in [0, 0.1) is 0 Å². The zero-order valence-electron chi connectivity index (χ0n) is 12.9. The Morgan fingerprint density at radius 2 is 1.71 bits per heavy atom. The molecule has 0 fully saturated rings. The number of ether oxygens (including phenoxy) is 2. The lowest BCUT2D eigenvalue weighted by atomic mass is 10.2. The Morgan fingerprint density at radius 3 is 2.38 bits per heavy atom. The van der Waals surface area contributed by atoms with E-state index in [4.69, 9.17) is 9.47 Å². The van der Waals surface area contributed by atoms with Crippen LogP contribution >= 0.6 is 0 Å². The molecule has 0 aromatic heterocycles. The molecule has 0 aliphatic heterocycles. The molecule has 112 valence electrons. The zero-order valence-corrected chi connectivity index (χ0v) is 12.9. The summed E-state index contributed by atoms with van der Waals surface area (Å²) < 4.78 is 11.3. The number of rotatable bonds is 7. The van der Waals surface area contributed by atoms with Crippen molar-refractivity contribution in [2.75, 3.05) is 11.9 Å². The Kier molecular flexibility index (Phi) is 5.50. The molecular formula is C18H23NO2. The van der Waals surface area contributed by atoms with E-state index in [0.29, 0.717) is 6.61 Å². The fourth-order valence-electron chi connectivity index (χ4n) is 2.07. The maximum Gasteiger partial charge on any atom is 0.124 e. The smallest absolute Gasteiger partial charge is 0.124 e. The molecule has 0 spiro atoms. The summed E-state index contributed by atoms with van der Waals surface area (Å²) >= 11 is 0. The summed E-state index contributed by atoms with van der Waals surface area (Å²) in [6.07, 6.45) is 0.196. The minimum atomic E-state index is 0.196. The molecule has 0 aliphatic rings. The maximum absolute atomic E-state index is 5.64. The van der Waals surface area contributed by atoms with Gasteiger partial charge in [-0.2, -0.15) is 0 Å². The standard InChI is InChI=1S/C18H23NO2/c1-4-20-18-8-6-5-7-15(18)13-19-16-9-11-17(12-10-16)21-14(2)3/h5-12,14,19H,4,13H2,1-3H3. The van der Waals surface area contributed by atoms with Gasteiger partial charge in [0.2, 0.25) is 0 Å². The third kappa shape index (κ3) is 4.71. The monoisotopic (exact) mass is 285 g/mol. The molecule has 2 rings (SSSR count). The van der Waals surface area contributed by atoms with Gasteiger partial charge in [0, 0.05) is 17.8 Å². The molecule has 3 nitrogen and oxygen atoms in total. The predicted octanol–water partition coefficient (Wildman–Crippen LogP) is 4.48. The molecule has 1 N–H and O–H groups in total. The summed E-state index contributed by atoms with van der Waals surface area (Å²) in [6.45, 7) is 7.46. The van der Waals surface area contributed by atoms with Gasteiger partial charge < -0.3 is 14.8 Å². The second-order valence-electron chi connectivity index (χ2n) is 5.09. The summed E-state index contributed by atoms with van der Waals surface area (Å²) in [4.78, 5) is 0. The summed E-state index contributed by atoms with van der Waals surface area (Å²) in [5.74, 6) is 1.83. The summed E-state index contributed by atoms with van der Waals surface area (Å²) in [7, 11) is 0. The van der Waals surface area contributed by atoms with Gasteiger partial charge in [-0.05, 0) is 51.1 Å². The molecule has 0 unspecified atom stereocenters. The Hall–Kier alpha value is -2.16. The van der Waals surface area contributed by atoms with Crippen molar-refractivity contribution < 1.29 is 9.47 Å². The molecule has 2 aromatic rings. The van der Waals surface area contributed by atoms with Crippen LogP contribution in [0.2, 0.25) is 0 Å². The molecule has 0 aliphatic carbocycles. The highest BCUT2D eigenvalue weighted by Gasteiger charge is 2.03. The van der Waals surface area contributed by atoms with E-state index in [1.165, 1.54) is 0 Å². The average Bonchev–Trinajstić information content (AvgIpc) is 2.48. The predicted molar refractivity (Wildman–Crippen MR) is 87.1 cm³/mol. The molecule has 0 bridgehead atoms. The van der Waals surface area contributed by atoms with Gasteiger partial charge in [-0.25, -0.2) is 0 Å². The highest BCUT2D eigenvalue weighted by Crippen LogP contribution is 2.21. The van der Waals surface area contributed by atoms with Gasteiger partial charge in [0.1, 0.15) is 11.5 Å². The molecular weight excluding hydrogens is 262 g/mol. The van der Waals surface area contributed by atoms with Crippen LogP contribution in [0.3, 0.4) is 0 Å². The lowest BCUT2D eigenvalue weighted by Gasteiger charge is -2.13. The van der Waals surface area contributed by atoms with Crippen LogP contribution in [0.5, 0.6) is 11.5 Å². The van der Waals surface area contributed by atoms with Gasteiger partial charge >= 0.3 is 0 Å². The lowest BCUT2D eigenvalue weighted by molar-refractivity contribution is 0.242. The van der Waals surface area contributed by atoms with Crippen molar-refractivity contribution in [3.8, 4) is 11.5 Å². The molecule has 0 saturated heterocycles. The van der Waals surface area contributed by atoms with E-state index in [9.17, 15) is 0 Å². The highest BCUT2D eigenvalue weighted by molar-refractivity contribution is 5.48. The number of hydrogen-bond donors (Lipinski definition) is 1. The number of hydrogen-bond acceptors (Lipinski definition) is 3. The lowest BCUT2D eigenvalue weighted by Crippen LogP contribution is -2.06. The van der Waals surface area contributed by atoms with E-state index in [-0.39, 0.29) is 6.10 Å². The van der Waals surface area contributed by atoms with Crippen molar-refractivity contribution in [2.24, 2.45) is 0 Å². The Labute approximate surface area is 126 Å². The molecule has 0 radical (unpaired) electrons. The van der Waals surface area contributed by atoms with E-state index in [1.807, 2.05) is 63.2 Å². The number of nitrogens with one attached hydrogen (secondary N) is 1. The number of benzene rings is 2. The minimum Gasteiger partial charge on any atom is -0.494 e. The van der Waals surface area contributed by atoms with Crippen LogP contribution in [0.1, 0.15) is 26.3 Å². The van der Waals surface area contributed by atoms with Crippen molar-refractivity contribution in [1.29, 1.82) is 0 Å². The maximum atomic E-state index is 5.64. The fourth-order valence-corrected chi connectivity index (χ4v) is 2.07. The second kappa shape index (κ2) is 7.58. The van der Waals surface area contributed by atoms with E-state index in [1.54, 1.807) is 0 Å². The van der Waals surface area contributed by atoms with Crippen molar-refractivity contribution in [3.63, 3.8) is 0 Å². The van der Waals surface area contributed by atoms with Gasteiger partial charge in [-0.3, -0.25) is 0 Å². The molecule has 21 heavy (non-hydrogen) atoms. The van der Waals surface area contributed by atoms with Crippen LogP contribution in [0.25, 0.3) is 0 Å². The highest BCUT2D eigenvalue weighted by atomic mass is 16.5. The first-order chi connectivity index (χ1) is 10.2. The molecule has 0 atom stereocenters. The van der Waals surface area contributed by atoms with Gasteiger partial charge in [-0.15, -0.1) is 0 Å². The first-order valence-electron chi connectivity index (χ1n) is 7.40. The minimum absolute atomic E-state index is 0.196. The topological polar surface area (TPSA) is 30.5 Å². The molecule has 0 saturated carbocycles. The van der Waals surface area contributed by atoms with E-state index in [0.717, 1.165) is 29.3 Å². The quantitative estimate of drug-likeness (QED) is 0.813. The van der Waals surface area contributed by atoms with Crippen LogP contribution in [0.4, 0.5) is 5.69 Å². The summed E-state index contributed by atoms with van der Waals surface area (Å²) in [5, 5.41) is 3.40. The SMILES string of the molecule is CCOc1ccccc1CNc1ccc(OC(C)C)cc1. The first kappa shape index (κ1) is 15.2. The largest absolute Gasteiger partial charge is 0.494 e. The van der Waals surface area contributed by atoms with Crippen molar-refractivity contribution in [3.05, 3.63) is 54.1 Å². The second-order valence-corrected chi connectivity index (χ2v) is 5.09. The molecule has 0 heterocycles. The van der Waals surface area contributed by atoms with Gasteiger partial charge in [0.25, 0.3) is 0 Å². The summed E-state index contributed by atoms with van der Waals surface area (Å²) in [5.41, 5.74) is 2.22. The molecule has 3 heteroatoms. The summed E-state index contributed by atoms with van der Waals surface area (Å²) in [6, 6.07) is 16.1. The van der Waals surface area contributed by atoms with E-state index < -0.39 is 0 Å². The Morgan fingerprint density at radius 1 is 1.00 bits per heavy atom. The van der Waals surface area contributed by atoms with Gasteiger partial charge in [0.05, 0.1) is 12.7 Å². The Bertz CT molecular complexity index is 549. The van der Waals surface area contributed by atoms with Crippen LogP contribution in [-0.4, -0.2) is 12.7 Å². The third-order valence-corrected chi connectivity index (χ3v) is 2.98. The van der Waals surface area contributed by atoms with Crippen LogP contribution < -0.4 is 14.8 Å².